The van der Waals surface area contributed by atoms with Crippen LogP contribution in [0.3, 0.4) is 0 Å². The largest absolute Gasteiger partial charge is 0.350 e. The summed E-state index contributed by atoms with van der Waals surface area (Å²) in [6.07, 6.45) is 10.3. The second-order valence-electron chi connectivity index (χ2n) is 6.70. The predicted octanol–water partition coefficient (Wildman–Crippen LogP) is 4.81. The van der Waals surface area contributed by atoms with E-state index in [-0.39, 0.29) is 0 Å². The van der Waals surface area contributed by atoms with Crippen molar-refractivity contribution in [3.63, 3.8) is 0 Å². The Balaban J connectivity index is 5.34. The summed E-state index contributed by atoms with van der Waals surface area (Å²) in [6.45, 7) is 17.3. The molecule has 0 aliphatic carbocycles. The second kappa shape index (κ2) is 14.8. The van der Waals surface area contributed by atoms with Crippen LogP contribution in [0, 0.1) is 0 Å². The van der Waals surface area contributed by atoms with E-state index >= 15 is 0 Å². The van der Waals surface area contributed by atoms with E-state index in [1.165, 1.54) is 83.5 Å². The van der Waals surface area contributed by atoms with Crippen LogP contribution in [-0.2, 0) is 0 Å². The average Bonchev–Trinajstić information content (AvgIpc) is 2.58. The first-order valence-corrected chi connectivity index (χ1v) is 10.2. The van der Waals surface area contributed by atoms with E-state index in [0.29, 0.717) is 0 Å². The SMILES string of the molecule is CCCCN(CCCC)C(N(CCCC)CCCC)=[N+](C)CC. The molecule has 0 atom stereocenters. The lowest BCUT2D eigenvalue weighted by molar-refractivity contribution is -0.504. The molecule has 0 bridgehead atoms. The summed E-state index contributed by atoms with van der Waals surface area (Å²) < 4.78 is 2.47. The van der Waals surface area contributed by atoms with Gasteiger partial charge in [-0.15, -0.1) is 0 Å². The van der Waals surface area contributed by atoms with Crippen molar-refractivity contribution in [1.82, 2.24) is 9.80 Å². The van der Waals surface area contributed by atoms with Crippen LogP contribution in [0.25, 0.3) is 0 Å². The highest BCUT2D eigenvalue weighted by Crippen LogP contribution is 2.08. The maximum atomic E-state index is 2.67. The van der Waals surface area contributed by atoms with Crippen LogP contribution in [0.1, 0.15) is 86.0 Å². The summed E-state index contributed by atoms with van der Waals surface area (Å²) in [5.74, 6) is 1.48. The molecule has 3 nitrogen and oxygen atoms in total. The molecule has 0 radical (unpaired) electrons. The Morgan fingerprint density at radius 1 is 0.609 bits per heavy atom. The van der Waals surface area contributed by atoms with E-state index in [4.69, 9.17) is 0 Å². The molecule has 0 aromatic heterocycles. The number of rotatable bonds is 13. The van der Waals surface area contributed by atoms with Crippen LogP contribution in [0.2, 0.25) is 0 Å². The number of unbranched alkanes of at least 4 members (excludes halogenated alkanes) is 4. The Labute approximate surface area is 146 Å². The molecule has 0 amide bonds. The molecule has 0 aromatic carbocycles. The van der Waals surface area contributed by atoms with E-state index in [1.807, 2.05) is 0 Å². The summed E-state index contributed by atoms with van der Waals surface area (Å²) in [7, 11) is 2.27. The fraction of sp³-hybridized carbons (Fsp3) is 0.950. The van der Waals surface area contributed by atoms with Crippen molar-refractivity contribution in [2.45, 2.75) is 86.0 Å². The zero-order valence-corrected chi connectivity index (χ0v) is 17.0. The molecule has 0 N–H and O–H groups in total. The molecular weight excluding hydrogens is 282 g/mol. The minimum Gasteiger partial charge on any atom is -0.268 e. The van der Waals surface area contributed by atoms with Crippen LogP contribution >= 0.6 is 0 Å². The van der Waals surface area contributed by atoms with E-state index in [0.717, 1.165) is 6.54 Å². The van der Waals surface area contributed by atoms with E-state index < -0.39 is 0 Å². The maximum absolute atomic E-state index is 2.67. The summed E-state index contributed by atoms with van der Waals surface area (Å²) in [4.78, 5) is 5.34. The van der Waals surface area contributed by atoms with Gasteiger partial charge in [0.1, 0.15) is 0 Å². The highest BCUT2D eigenvalue weighted by Gasteiger charge is 2.26. The van der Waals surface area contributed by atoms with Crippen LogP contribution in [0.15, 0.2) is 0 Å². The van der Waals surface area contributed by atoms with Gasteiger partial charge in [0.2, 0.25) is 0 Å². The Bertz CT molecular complexity index is 261. The first kappa shape index (κ1) is 22.3. The van der Waals surface area contributed by atoms with Crippen molar-refractivity contribution >= 4 is 5.96 Å². The number of hydrogen-bond donors (Lipinski definition) is 0. The van der Waals surface area contributed by atoms with Gasteiger partial charge in [0.15, 0.2) is 0 Å². The molecule has 3 heteroatoms. The summed E-state index contributed by atoms with van der Waals surface area (Å²) in [5.41, 5.74) is 0. The number of guanidine groups is 1. The molecule has 0 aromatic rings. The van der Waals surface area contributed by atoms with Gasteiger partial charge in [0, 0.05) is 0 Å². The van der Waals surface area contributed by atoms with Gasteiger partial charge in [0.05, 0.1) is 39.8 Å². The van der Waals surface area contributed by atoms with Crippen molar-refractivity contribution in [3.8, 4) is 0 Å². The lowest BCUT2D eigenvalue weighted by Crippen LogP contribution is -2.50. The van der Waals surface area contributed by atoms with Gasteiger partial charge in [-0.25, -0.2) is 0 Å². The highest BCUT2D eigenvalue weighted by atomic mass is 15.4. The van der Waals surface area contributed by atoms with Gasteiger partial charge in [-0.2, -0.15) is 0 Å². The van der Waals surface area contributed by atoms with Crippen LogP contribution in [-0.4, -0.2) is 60.1 Å². The normalized spacial score (nSPS) is 10.7. The van der Waals surface area contributed by atoms with Gasteiger partial charge < -0.3 is 0 Å². The summed E-state index contributed by atoms with van der Waals surface area (Å²) in [6, 6.07) is 0. The Kier molecular flexibility index (Phi) is 14.4. The molecule has 0 spiro atoms. The topological polar surface area (TPSA) is 9.49 Å². The minimum atomic E-state index is 1.08. The molecular formula is C20H44N3+. The highest BCUT2D eigenvalue weighted by molar-refractivity contribution is 5.75. The van der Waals surface area contributed by atoms with Gasteiger partial charge in [0.25, 0.3) is 0 Å². The lowest BCUT2D eigenvalue weighted by atomic mass is 10.2. The monoisotopic (exact) mass is 326 g/mol. The van der Waals surface area contributed by atoms with Gasteiger partial charge >= 0.3 is 5.96 Å². The van der Waals surface area contributed by atoms with Gasteiger partial charge in [-0.1, -0.05) is 53.4 Å². The molecule has 0 saturated heterocycles. The number of nitrogens with zero attached hydrogens (tertiary/aromatic N) is 3. The van der Waals surface area contributed by atoms with Gasteiger partial charge in [-0.3, -0.25) is 14.4 Å². The quantitative estimate of drug-likeness (QED) is 0.273. The first-order valence-electron chi connectivity index (χ1n) is 10.2. The van der Waals surface area contributed by atoms with Crippen molar-refractivity contribution in [3.05, 3.63) is 0 Å². The van der Waals surface area contributed by atoms with E-state index in [9.17, 15) is 0 Å². The number of hydrogen-bond acceptors (Lipinski definition) is 0. The Morgan fingerprint density at radius 2 is 0.913 bits per heavy atom. The molecule has 0 rings (SSSR count). The van der Waals surface area contributed by atoms with E-state index in [1.54, 1.807) is 0 Å². The Morgan fingerprint density at radius 3 is 1.13 bits per heavy atom. The average molecular weight is 327 g/mol. The van der Waals surface area contributed by atoms with E-state index in [2.05, 4.69) is 56.0 Å². The molecule has 23 heavy (non-hydrogen) atoms. The third-order valence-electron chi connectivity index (χ3n) is 4.51. The van der Waals surface area contributed by atoms with Crippen LogP contribution in [0.4, 0.5) is 0 Å². The minimum absolute atomic E-state index is 1.08. The predicted molar refractivity (Wildman–Crippen MR) is 105 cm³/mol. The third-order valence-corrected chi connectivity index (χ3v) is 4.51. The zero-order chi connectivity index (χ0) is 17.5. The molecule has 0 aliphatic heterocycles. The molecule has 0 fully saturated rings. The molecule has 0 heterocycles. The second-order valence-corrected chi connectivity index (χ2v) is 6.70. The first-order chi connectivity index (χ1) is 11.2. The summed E-state index contributed by atoms with van der Waals surface area (Å²) >= 11 is 0. The van der Waals surface area contributed by atoms with Gasteiger partial charge in [-0.05, 0) is 32.6 Å². The smallest absolute Gasteiger partial charge is 0.268 e. The summed E-state index contributed by atoms with van der Waals surface area (Å²) in [5, 5.41) is 0. The Hall–Kier alpha value is -0.730. The van der Waals surface area contributed by atoms with Crippen molar-refractivity contribution < 1.29 is 4.58 Å². The van der Waals surface area contributed by atoms with Crippen molar-refractivity contribution in [2.24, 2.45) is 0 Å². The molecule has 138 valence electrons. The molecule has 0 saturated carbocycles. The third kappa shape index (κ3) is 9.22. The molecule has 0 aliphatic rings. The van der Waals surface area contributed by atoms with Crippen LogP contribution in [0.5, 0.6) is 0 Å². The molecule has 0 unspecified atom stereocenters. The zero-order valence-electron chi connectivity index (χ0n) is 17.0. The fourth-order valence-corrected chi connectivity index (χ4v) is 2.84. The lowest BCUT2D eigenvalue weighted by Gasteiger charge is -2.30. The van der Waals surface area contributed by atoms with Crippen molar-refractivity contribution in [2.75, 3.05) is 39.8 Å². The maximum Gasteiger partial charge on any atom is 0.350 e. The fourth-order valence-electron chi connectivity index (χ4n) is 2.84. The van der Waals surface area contributed by atoms with Crippen LogP contribution < -0.4 is 0 Å². The van der Waals surface area contributed by atoms with Crippen molar-refractivity contribution in [1.29, 1.82) is 0 Å². The standard InChI is InChI=1S/C20H44N3/c1-7-12-16-22(17-13-8-2)20(21(6)11-5)23(18-14-9-3)19-15-10-4/h7-19H2,1-6H3/q+1.